The average Bonchev–Trinajstić information content (AvgIpc) is 2.60. The molecular weight excluding hydrogens is 172 g/mol. The topological polar surface area (TPSA) is 64.7 Å². The minimum Gasteiger partial charge on any atom is -0.383 e. The second-order valence-electron chi connectivity index (χ2n) is 1.83. The van der Waals surface area contributed by atoms with Gasteiger partial charge >= 0.3 is 0 Å². The number of nitrogens with two attached hydrogens (primary N) is 1. The number of rotatable bonds is 0. The number of aromatic nitrogens is 3. The maximum absolute atomic E-state index is 5.18. The smallest absolute Gasteiger partial charge is 0.136 e. The maximum Gasteiger partial charge on any atom is 0.136 e. The van der Waals surface area contributed by atoms with Gasteiger partial charge in [0.15, 0.2) is 0 Å². The van der Waals surface area contributed by atoms with Crippen LogP contribution in [0.5, 0.6) is 0 Å². The zero-order valence-electron chi connectivity index (χ0n) is 6.29. The molecule has 2 heterocycles. The zero-order valence-corrected chi connectivity index (χ0v) is 7.11. The van der Waals surface area contributed by atoms with Crippen LogP contribution in [0, 0.1) is 0 Å². The standard InChI is InChI=1S/C4H4N2.C3H4N2S/c1-2-5-4-6-3-1;4-3-1-2-6-5-3/h1-4H;1-2H,(H2,4,5). The molecule has 0 spiro atoms. The van der Waals surface area contributed by atoms with Crippen LogP contribution in [0.3, 0.4) is 0 Å². The maximum atomic E-state index is 5.18. The van der Waals surface area contributed by atoms with E-state index < -0.39 is 0 Å². The molecule has 2 rings (SSSR count). The molecule has 0 aliphatic carbocycles. The molecule has 0 unspecified atom stereocenters. The van der Waals surface area contributed by atoms with Crippen molar-refractivity contribution < 1.29 is 0 Å². The van der Waals surface area contributed by atoms with Crippen LogP contribution in [0.1, 0.15) is 0 Å². The van der Waals surface area contributed by atoms with Gasteiger partial charge in [-0.2, -0.15) is 4.37 Å². The Morgan fingerprint density at radius 3 is 2.17 bits per heavy atom. The summed E-state index contributed by atoms with van der Waals surface area (Å²) in [5.74, 6) is 0.611. The first-order chi connectivity index (χ1) is 5.89. The molecular formula is C7H8N4S. The third-order valence-electron chi connectivity index (χ3n) is 0.935. The lowest BCUT2D eigenvalue weighted by Gasteiger charge is -1.70. The Bertz CT molecular complexity index is 255. The van der Waals surface area contributed by atoms with Crippen LogP contribution < -0.4 is 5.73 Å². The van der Waals surface area contributed by atoms with Crippen LogP contribution >= 0.6 is 11.5 Å². The van der Waals surface area contributed by atoms with Gasteiger partial charge in [-0.15, -0.1) is 0 Å². The van der Waals surface area contributed by atoms with Crippen molar-refractivity contribution in [3.05, 3.63) is 36.2 Å². The number of nitrogen functional groups attached to an aromatic ring is 1. The van der Waals surface area contributed by atoms with Crippen LogP contribution in [-0.4, -0.2) is 14.3 Å². The molecule has 62 valence electrons. The van der Waals surface area contributed by atoms with Crippen molar-refractivity contribution in [2.24, 2.45) is 0 Å². The highest BCUT2D eigenvalue weighted by Gasteiger charge is 1.76. The van der Waals surface area contributed by atoms with Gasteiger partial charge in [-0.25, -0.2) is 9.97 Å². The van der Waals surface area contributed by atoms with Crippen LogP contribution in [0.25, 0.3) is 0 Å². The van der Waals surface area contributed by atoms with Crippen LogP contribution in [0.4, 0.5) is 5.82 Å². The highest BCUT2D eigenvalue weighted by molar-refractivity contribution is 7.03. The summed E-state index contributed by atoms with van der Waals surface area (Å²) in [5, 5.41) is 1.84. The summed E-state index contributed by atoms with van der Waals surface area (Å²) in [7, 11) is 0. The Kier molecular flexibility index (Phi) is 3.73. The molecule has 0 radical (unpaired) electrons. The van der Waals surface area contributed by atoms with Crippen molar-refractivity contribution in [1.82, 2.24) is 14.3 Å². The van der Waals surface area contributed by atoms with Gasteiger partial charge in [-0.1, -0.05) is 0 Å². The Morgan fingerprint density at radius 1 is 1.25 bits per heavy atom. The summed E-state index contributed by atoms with van der Waals surface area (Å²) in [5.41, 5.74) is 5.18. The average molecular weight is 180 g/mol. The zero-order chi connectivity index (χ0) is 8.65. The summed E-state index contributed by atoms with van der Waals surface area (Å²) in [6.45, 7) is 0. The lowest BCUT2D eigenvalue weighted by Crippen LogP contribution is -1.78. The molecule has 0 fully saturated rings. The van der Waals surface area contributed by atoms with Crippen molar-refractivity contribution in [3.8, 4) is 0 Å². The fraction of sp³-hybridized carbons (Fsp3) is 0. The van der Waals surface area contributed by atoms with Crippen LogP contribution in [0.2, 0.25) is 0 Å². The van der Waals surface area contributed by atoms with Gasteiger partial charge in [0.2, 0.25) is 0 Å². The van der Waals surface area contributed by atoms with Gasteiger partial charge in [0.05, 0.1) is 0 Å². The molecule has 0 saturated carbocycles. The van der Waals surface area contributed by atoms with E-state index in [1.807, 2.05) is 5.38 Å². The summed E-state index contributed by atoms with van der Waals surface area (Å²) in [6, 6.07) is 3.55. The molecule has 5 heteroatoms. The molecule has 0 amide bonds. The Balaban J connectivity index is 0.000000120. The summed E-state index contributed by atoms with van der Waals surface area (Å²) < 4.78 is 3.74. The monoisotopic (exact) mass is 180 g/mol. The van der Waals surface area contributed by atoms with Gasteiger partial charge in [-0.3, -0.25) is 0 Å². The SMILES string of the molecule is Nc1ccsn1.c1cncnc1. The highest BCUT2D eigenvalue weighted by Crippen LogP contribution is 1.97. The fourth-order valence-corrected chi connectivity index (χ4v) is 0.919. The van der Waals surface area contributed by atoms with E-state index in [0.717, 1.165) is 0 Å². The Labute approximate surface area is 74.3 Å². The molecule has 0 aromatic carbocycles. The second kappa shape index (κ2) is 5.20. The van der Waals surface area contributed by atoms with E-state index in [-0.39, 0.29) is 0 Å². The lowest BCUT2D eigenvalue weighted by molar-refractivity contribution is 1.17. The van der Waals surface area contributed by atoms with Gasteiger partial charge in [-0.05, 0) is 23.7 Å². The number of hydrogen-bond acceptors (Lipinski definition) is 5. The minimum atomic E-state index is 0.611. The van der Waals surface area contributed by atoms with E-state index >= 15 is 0 Å². The van der Waals surface area contributed by atoms with Gasteiger partial charge in [0.1, 0.15) is 12.1 Å². The van der Waals surface area contributed by atoms with Crippen molar-refractivity contribution in [1.29, 1.82) is 0 Å². The molecule has 0 aliphatic heterocycles. The number of hydrogen-bond donors (Lipinski definition) is 1. The quantitative estimate of drug-likeness (QED) is 0.661. The normalized spacial score (nSPS) is 8.33. The second-order valence-corrected chi connectivity index (χ2v) is 2.49. The molecule has 0 bridgehead atoms. The number of nitrogens with zero attached hydrogens (tertiary/aromatic N) is 3. The number of anilines is 1. The largest absolute Gasteiger partial charge is 0.383 e. The van der Waals surface area contributed by atoms with Crippen molar-refractivity contribution in [2.75, 3.05) is 5.73 Å². The van der Waals surface area contributed by atoms with Crippen LogP contribution in [-0.2, 0) is 0 Å². The van der Waals surface area contributed by atoms with E-state index in [0.29, 0.717) is 5.82 Å². The van der Waals surface area contributed by atoms with Gasteiger partial charge < -0.3 is 5.73 Å². The molecule has 0 aliphatic rings. The molecule has 12 heavy (non-hydrogen) atoms. The Hall–Kier alpha value is -1.49. The lowest BCUT2D eigenvalue weighted by atomic mass is 10.7. The summed E-state index contributed by atoms with van der Waals surface area (Å²) in [4.78, 5) is 7.35. The van der Waals surface area contributed by atoms with Gasteiger partial charge in [0.25, 0.3) is 0 Å². The van der Waals surface area contributed by atoms with Crippen LogP contribution in [0.15, 0.2) is 36.2 Å². The molecule has 0 atom stereocenters. The van der Waals surface area contributed by atoms with Crippen molar-refractivity contribution >= 4 is 17.4 Å². The van der Waals surface area contributed by atoms with Gasteiger partial charge in [0, 0.05) is 17.8 Å². The van der Waals surface area contributed by atoms with Crippen molar-refractivity contribution in [3.63, 3.8) is 0 Å². The van der Waals surface area contributed by atoms with E-state index in [2.05, 4.69) is 14.3 Å². The first-order valence-electron chi connectivity index (χ1n) is 3.25. The van der Waals surface area contributed by atoms with E-state index in [9.17, 15) is 0 Å². The molecule has 2 N–H and O–H groups in total. The predicted molar refractivity (Wildman–Crippen MR) is 48.6 cm³/mol. The first-order valence-corrected chi connectivity index (χ1v) is 4.09. The molecule has 2 aromatic rings. The van der Waals surface area contributed by atoms with Crippen molar-refractivity contribution in [2.45, 2.75) is 0 Å². The highest BCUT2D eigenvalue weighted by atomic mass is 32.1. The first kappa shape index (κ1) is 8.61. The Morgan fingerprint density at radius 2 is 2.00 bits per heavy atom. The summed E-state index contributed by atoms with van der Waals surface area (Å²) >= 11 is 1.36. The molecule has 2 aromatic heterocycles. The molecule has 0 saturated heterocycles. The van der Waals surface area contributed by atoms with E-state index in [1.54, 1.807) is 24.5 Å². The third-order valence-corrected chi connectivity index (χ3v) is 1.51. The van der Waals surface area contributed by atoms with E-state index in [4.69, 9.17) is 5.73 Å². The minimum absolute atomic E-state index is 0.611. The summed E-state index contributed by atoms with van der Waals surface area (Å²) in [6.07, 6.45) is 4.88. The van der Waals surface area contributed by atoms with E-state index in [1.165, 1.54) is 17.9 Å². The fourth-order valence-electron chi connectivity index (χ4n) is 0.475. The molecule has 4 nitrogen and oxygen atoms in total. The predicted octanol–water partition coefficient (Wildman–Crippen LogP) is 1.20. The third kappa shape index (κ3) is 3.62.